The van der Waals surface area contributed by atoms with Gasteiger partial charge in [-0.05, 0) is 25.0 Å². The minimum atomic E-state index is -3.39. The molecule has 0 bridgehead atoms. The first-order valence-corrected chi connectivity index (χ1v) is 10.1. The van der Waals surface area contributed by atoms with Gasteiger partial charge in [-0.3, -0.25) is 9.59 Å². The van der Waals surface area contributed by atoms with Gasteiger partial charge in [0, 0.05) is 24.3 Å². The quantitative estimate of drug-likeness (QED) is 0.731. The number of furan rings is 1. The minimum Gasteiger partial charge on any atom is -0.467 e. The fourth-order valence-corrected chi connectivity index (χ4v) is 3.44. The number of carbonyl (C=O) groups excluding carboxylic acids is 2. The molecule has 1 aliphatic carbocycles. The molecule has 0 spiro atoms. The topological polar surface area (TPSA) is 132 Å². The highest BCUT2D eigenvalue weighted by Crippen LogP contribution is 2.24. The fraction of sp³-hybridized carbons (Fsp3) is 0.438. The highest BCUT2D eigenvalue weighted by molar-refractivity contribution is 7.91. The number of aryl methyl sites for hydroxylation is 1. The summed E-state index contributed by atoms with van der Waals surface area (Å²) in [6, 6.07) is 3.20. The minimum absolute atomic E-state index is 0.175. The maximum absolute atomic E-state index is 12.3. The lowest BCUT2D eigenvalue weighted by Crippen LogP contribution is -2.41. The van der Waals surface area contributed by atoms with Gasteiger partial charge in [0.25, 0.3) is 5.91 Å². The maximum Gasteiger partial charge on any atom is 0.274 e. The molecule has 10 heteroatoms. The van der Waals surface area contributed by atoms with Crippen molar-refractivity contribution in [1.82, 2.24) is 15.8 Å². The number of hydrogen-bond donors (Lipinski definition) is 2. The van der Waals surface area contributed by atoms with Gasteiger partial charge in [-0.25, -0.2) is 8.42 Å². The van der Waals surface area contributed by atoms with Gasteiger partial charge >= 0.3 is 0 Å². The number of carbonyl (C=O) groups is 2. The molecule has 0 fully saturated rings. The fourth-order valence-electron chi connectivity index (χ4n) is 2.88. The number of sulfone groups is 1. The molecule has 0 saturated carbocycles. The zero-order valence-electron chi connectivity index (χ0n) is 14.1. The summed E-state index contributed by atoms with van der Waals surface area (Å²) in [4.78, 5) is 24.2. The standard InChI is InChI=1S/C16H19N3O6S/c1-26(22,23)9-14(20)18-10-4-5-13-12(7-10)15(19-25-13)16(21)17-8-11-3-2-6-24-11/h2-3,6,10H,4-5,7-9H2,1H3,(H,17,21)(H,18,20). The first kappa shape index (κ1) is 18.2. The Bertz CT molecular complexity index is 901. The number of aromatic nitrogens is 1. The Hall–Kier alpha value is -2.62. The number of rotatable bonds is 6. The van der Waals surface area contributed by atoms with Gasteiger partial charge in [0.1, 0.15) is 17.3 Å². The highest BCUT2D eigenvalue weighted by atomic mass is 32.2. The van der Waals surface area contributed by atoms with Gasteiger partial charge in [-0.2, -0.15) is 0 Å². The average molecular weight is 381 g/mol. The predicted octanol–water partition coefficient (Wildman–Crippen LogP) is 0.216. The van der Waals surface area contributed by atoms with Crippen molar-refractivity contribution in [2.24, 2.45) is 0 Å². The molecule has 2 aromatic heterocycles. The normalized spacial score (nSPS) is 16.7. The van der Waals surface area contributed by atoms with Crippen molar-refractivity contribution in [2.75, 3.05) is 12.0 Å². The van der Waals surface area contributed by atoms with Gasteiger partial charge in [0.15, 0.2) is 15.5 Å². The second-order valence-corrected chi connectivity index (χ2v) is 8.41. The second kappa shape index (κ2) is 7.32. The maximum atomic E-state index is 12.3. The Morgan fingerprint density at radius 2 is 2.19 bits per heavy atom. The smallest absolute Gasteiger partial charge is 0.274 e. The van der Waals surface area contributed by atoms with Crippen LogP contribution in [0.2, 0.25) is 0 Å². The zero-order valence-corrected chi connectivity index (χ0v) is 15.0. The van der Waals surface area contributed by atoms with Crippen LogP contribution >= 0.6 is 0 Å². The SMILES string of the molecule is CS(=O)(=O)CC(=O)NC1CCc2onc(C(=O)NCc3ccco3)c2C1. The predicted molar refractivity (Wildman–Crippen MR) is 90.0 cm³/mol. The van der Waals surface area contributed by atoms with Crippen LogP contribution in [-0.2, 0) is 34.0 Å². The molecule has 2 amide bonds. The molecule has 26 heavy (non-hydrogen) atoms. The van der Waals surface area contributed by atoms with Crippen LogP contribution in [0.15, 0.2) is 27.3 Å². The van der Waals surface area contributed by atoms with Crippen molar-refractivity contribution in [3.63, 3.8) is 0 Å². The molecular weight excluding hydrogens is 362 g/mol. The van der Waals surface area contributed by atoms with E-state index in [-0.39, 0.29) is 18.3 Å². The Labute approximate surface area is 150 Å². The summed E-state index contributed by atoms with van der Waals surface area (Å²) < 4.78 is 32.8. The van der Waals surface area contributed by atoms with E-state index in [0.717, 1.165) is 6.26 Å². The monoisotopic (exact) mass is 381 g/mol. The van der Waals surface area contributed by atoms with E-state index in [0.29, 0.717) is 36.3 Å². The van der Waals surface area contributed by atoms with Crippen LogP contribution in [0.3, 0.4) is 0 Å². The van der Waals surface area contributed by atoms with Gasteiger partial charge in [-0.1, -0.05) is 5.16 Å². The lowest BCUT2D eigenvalue weighted by atomic mass is 9.92. The molecule has 1 aliphatic rings. The highest BCUT2D eigenvalue weighted by Gasteiger charge is 2.29. The van der Waals surface area contributed by atoms with Crippen LogP contribution in [-0.4, -0.2) is 43.4 Å². The lowest BCUT2D eigenvalue weighted by Gasteiger charge is -2.22. The third-order valence-electron chi connectivity index (χ3n) is 4.02. The summed E-state index contributed by atoms with van der Waals surface area (Å²) in [5, 5.41) is 9.24. The molecule has 0 radical (unpaired) electrons. The molecule has 0 aliphatic heterocycles. The summed E-state index contributed by atoms with van der Waals surface area (Å²) in [7, 11) is -3.39. The van der Waals surface area contributed by atoms with Crippen molar-refractivity contribution in [3.8, 4) is 0 Å². The lowest BCUT2D eigenvalue weighted by molar-refractivity contribution is -0.119. The number of hydrogen-bond acceptors (Lipinski definition) is 7. The summed E-state index contributed by atoms with van der Waals surface area (Å²) in [5.74, 6) is -0.282. The number of nitrogens with one attached hydrogen (secondary N) is 2. The number of nitrogens with zero attached hydrogens (tertiary/aromatic N) is 1. The Morgan fingerprint density at radius 1 is 1.38 bits per heavy atom. The van der Waals surface area contributed by atoms with Crippen LogP contribution in [0.4, 0.5) is 0 Å². The third-order valence-corrected chi connectivity index (χ3v) is 4.80. The van der Waals surface area contributed by atoms with E-state index in [2.05, 4.69) is 15.8 Å². The van der Waals surface area contributed by atoms with Crippen LogP contribution in [0.5, 0.6) is 0 Å². The van der Waals surface area contributed by atoms with E-state index < -0.39 is 27.4 Å². The Morgan fingerprint density at radius 3 is 2.88 bits per heavy atom. The molecule has 1 unspecified atom stereocenters. The van der Waals surface area contributed by atoms with Crippen molar-refractivity contribution in [2.45, 2.75) is 31.8 Å². The van der Waals surface area contributed by atoms with E-state index in [1.807, 2.05) is 0 Å². The summed E-state index contributed by atoms with van der Waals surface area (Å²) in [5.41, 5.74) is 0.812. The molecule has 3 rings (SSSR count). The van der Waals surface area contributed by atoms with E-state index in [9.17, 15) is 18.0 Å². The molecule has 0 saturated heterocycles. The summed E-state index contributed by atoms with van der Waals surface area (Å²) in [6.07, 6.45) is 3.98. The molecular formula is C16H19N3O6S. The summed E-state index contributed by atoms with van der Waals surface area (Å²) in [6.45, 7) is 0.224. The Balaban J connectivity index is 1.63. The first-order valence-electron chi connectivity index (χ1n) is 8.07. The van der Waals surface area contributed by atoms with Gasteiger partial charge < -0.3 is 19.6 Å². The van der Waals surface area contributed by atoms with Gasteiger partial charge in [0.05, 0.1) is 12.8 Å². The van der Waals surface area contributed by atoms with Gasteiger partial charge in [-0.15, -0.1) is 0 Å². The molecule has 140 valence electrons. The third kappa shape index (κ3) is 4.51. The molecule has 0 aromatic carbocycles. The molecule has 9 nitrogen and oxygen atoms in total. The van der Waals surface area contributed by atoms with Crippen molar-refractivity contribution < 1.29 is 26.9 Å². The van der Waals surface area contributed by atoms with Crippen LogP contribution in [0, 0.1) is 0 Å². The first-order chi connectivity index (χ1) is 12.3. The van der Waals surface area contributed by atoms with E-state index in [4.69, 9.17) is 8.94 Å². The molecule has 2 heterocycles. The van der Waals surface area contributed by atoms with Gasteiger partial charge in [0.2, 0.25) is 5.91 Å². The molecule has 1 atom stereocenters. The van der Waals surface area contributed by atoms with E-state index in [1.54, 1.807) is 12.1 Å². The molecule has 2 aromatic rings. The van der Waals surface area contributed by atoms with Crippen molar-refractivity contribution in [1.29, 1.82) is 0 Å². The Kier molecular flexibility index (Phi) is 5.12. The molecule has 2 N–H and O–H groups in total. The van der Waals surface area contributed by atoms with E-state index in [1.165, 1.54) is 6.26 Å². The van der Waals surface area contributed by atoms with Crippen LogP contribution in [0.1, 0.15) is 34.0 Å². The van der Waals surface area contributed by atoms with E-state index >= 15 is 0 Å². The number of amides is 2. The van der Waals surface area contributed by atoms with Crippen LogP contribution < -0.4 is 10.6 Å². The zero-order chi connectivity index (χ0) is 18.7. The average Bonchev–Trinajstić information content (AvgIpc) is 3.20. The largest absolute Gasteiger partial charge is 0.467 e. The van der Waals surface area contributed by atoms with Crippen molar-refractivity contribution in [3.05, 3.63) is 41.2 Å². The second-order valence-electron chi connectivity index (χ2n) is 6.27. The van der Waals surface area contributed by atoms with Crippen LogP contribution in [0.25, 0.3) is 0 Å². The number of fused-ring (bicyclic) bond motifs is 1. The summed E-state index contributed by atoms with van der Waals surface area (Å²) >= 11 is 0. The van der Waals surface area contributed by atoms with Crippen molar-refractivity contribution >= 4 is 21.7 Å².